The van der Waals surface area contributed by atoms with Gasteiger partial charge in [-0.3, -0.25) is 0 Å². The summed E-state index contributed by atoms with van der Waals surface area (Å²) < 4.78 is 36.5. The van der Waals surface area contributed by atoms with Crippen LogP contribution >= 0.6 is 0 Å². The van der Waals surface area contributed by atoms with Crippen molar-refractivity contribution in [3.05, 3.63) is 107 Å². The predicted molar refractivity (Wildman–Crippen MR) is 160 cm³/mol. The van der Waals surface area contributed by atoms with Crippen LogP contribution in [0.2, 0.25) is 0 Å². The van der Waals surface area contributed by atoms with E-state index in [1.165, 1.54) is 66.4 Å². The molecule has 0 bridgehead atoms. The molecule has 0 radical (unpaired) electrons. The molecule has 1 aromatic heterocycles. The van der Waals surface area contributed by atoms with Crippen LogP contribution in [0.4, 0.5) is 0 Å². The maximum absolute atomic E-state index is 8.49. The number of aryl methyl sites for hydroxylation is 3. The first-order chi connectivity index (χ1) is 19.4. The fraction of sp³-hybridized carbons (Fsp3) is 0.306. The van der Waals surface area contributed by atoms with Crippen molar-refractivity contribution < 1.29 is 33.4 Å². The molecule has 0 aliphatic heterocycles. The summed E-state index contributed by atoms with van der Waals surface area (Å²) in [4.78, 5) is 0. The second-order valence-electron chi connectivity index (χ2n) is 13.2. The maximum Gasteiger partial charge on any atom is 0.219 e. The van der Waals surface area contributed by atoms with Gasteiger partial charge in [-0.25, -0.2) is 18.6 Å². The minimum Gasteiger partial charge on any atom is -0.222 e. The van der Waals surface area contributed by atoms with Gasteiger partial charge in [0.15, 0.2) is 0 Å². The summed E-state index contributed by atoms with van der Waals surface area (Å²) in [5.74, 6) is 0. The molecule has 1 heterocycles. The zero-order valence-electron chi connectivity index (χ0n) is 26.0. The van der Waals surface area contributed by atoms with Crippen molar-refractivity contribution in [2.24, 2.45) is 0 Å². The lowest BCUT2D eigenvalue weighted by Crippen LogP contribution is -2.68. The summed E-state index contributed by atoms with van der Waals surface area (Å²) in [6.07, 6.45) is 0. The van der Waals surface area contributed by atoms with E-state index in [9.17, 15) is 0 Å². The zero-order valence-corrected chi connectivity index (χ0v) is 26.7. The number of nitrogens with zero attached hydrogens (tertiary/aromatic N) is 1. The van der Waals surface area contributed by atoms with Crippen LogP contribution in [0, 0.1) is 31.0 Å². The minimum absolute atomic E-state index is 0.0563. The highest BCUT2D eigenvalue weighted by atomic mass is 35.7. The number of para-hydroxylation sites is 1. The number of benzene rings is 4. The van der Waals surface area contributed by atoms with Crippen LogP contribution in [-0.4, -0.2) is 0 Å². The third kappa shape index (κ3) is 6.83. The molecular weight excluding hydrogens is 546 g/mol. The van der Waals surface area contributed by atoms with Crippen LogP contribution in [0.15, 0.2) is 78.9 Å². The van der Waals surface area contributed by atoms with Crippen molar-refractivity contribution >= 4 is 21.8 Å². The second-order valence-corrected chi connectivity index (χ2v) is 13.9. The molecule has 220 valence electrons. The van der Waals surface area contributed by atoms with Gasteiger partial charge in [0.2, 0.25) is 16.7 Å². The highest BCUT2D eigenvalue weighted by molar-refractivity contribution is 6.09. The van der Waals surface area contributed by atoms with E-state index in [2.05, 4.69) is 146 Å². The predicted octanol–water partition coefficient (Wildman–Crippen LogP) is 4.70. The van der Waals surface area contributed by atoms with Crippen LogP contribution in [0.25, 0.3) is 38.6 Å². The van der Waals surface area contributed by atoms with Gasteiger partial charge in [0.1, 0.15) is 0 Å². The molecule has 0 aliphatic rings. The highest BCUT2D eigenvalue weighted by Crippen LogP contribution is 2.41. The molecule has 0 saturated heterocycles. The number of aromatic nitrogens is 1. The summed E-state index contributed by atoms with van der Waals surface area (Å²) in [6.45, 7) is 20.5. The van der Waals surface area contributed by atoms with Gasteiger partial charge in [-0.15, -0.1) is 10.2 Å². The molecule has 5 rings (SSSR count). The van der Waals surface area contributed by atoms with E-state index in [1.54, 1.807) is 0 Å². The Morgan fingerprint density at radius 1 is 0.548 bits per heavy atom. The molecule has 42 heavy (non-hydrogen) atoms. The van der Waals surface area contributed by atoms with Gasteiger partial charge in [-0.1, -0.05) is 89.6 Å². The first kappa shape index (κ1) is 31.6. The summed E-state index contributed by atoms with van der Waals surface area (Å²) in [5, 5.41) is 2.59. The lowest BCUT2D eigenvalue weighted by Gasteiger charge is -2.22. The van der Waals surface area contributed by atoms with Crippen LogP contribution in [0.1, 0.15) is 69.4 Å². The normalized spacial score (nSPS) is 12.4. The van der Waals surface area contributed by atoms with E-state index >= 15 is 0 Å². The molecule has 0 spiro atoms. The van der Waals surface area contributed by atoms with E-state index in [4.69, 9.17) is 18.6 Å². The van der Waals surface area contributed by atoms with Gasteiger partial charge in [0.25, 0.3) is 0 Å². The van der Waals surface area contributed by atoms with Gasteiger partial charge < -0.3 is 0 Å². The fourth-order valence-corrected chi connectivity index (χ4v) is 5.76. The lowest BCUT2D eigenvalue weighted by atomic mass is 9.82. The Bertz CT molecular complexity index is 1650. The molecule has 0 amide bonds. The number of halogens is 1. The molecule has 0 atom stereocenters. The Kier molecular flexibility index (Phi) is 8.58. The number of hydrogen-bond acceptors (Lipinski definition) is 4. The second kappa shape index (κ2) is 11.4. The molecule has 4 aromatic carbocycles. The molecule has 5 aromatic rings. The van der Waals surface area contributed by atoms with Gasteiger partial charge >= 0.3 is 0 Å². The minimum atomic E-state index is -4.94. The number of fused-ring (bicyclic) bond motifs is 2. The molecular formula is C36H40ClNO4. The van der Waals surface area contributed by atoms with Crippen molar-refractivity contribution in [3.8, 4) is 16.8 Å². The van der Waals surface area contributed by atoms with Crippen molar-refractivity contribution in [1.29, 1.82) is 0 Å². The van der Waals surface area contributed by atoms with E-state index in [0.717, 1.165) is 0 Å². The first-order valence-electron chi connectivity index (χ1n) is 14.1. The Balaban J connectivity index is 0.000000748. The summed E-state index contributed by atoms with van der Waals surface area (Å²) >= 11 is 0. The third-order valence-corrected chi connectivity index (χ3v) is 7.69. The number of pyridine rings is 1. The van der Waals surface area contributed by atoms with E-state index in [0.29, 0.717) is 0 Å². The maximum atomic E-state index is 8.49. The van der Waals surface area contributed by atoms with Crippen molar-refractivity contribution in [1.82, 2.24) is 0 Å². The fourth-order valence-electron chi connectivity index (χ4n) is 5.76. The number of rotatable bonds is 2. The quantitative estimate of drug-likeness (QED) is 0.222. The molecule has 0 unspecified atom stereocenters. The molecule has 5 nitrogen and oxygen atoms in total. The van der Waals surface area contributed by atoms with E-state index < -0.39 is 10.2 Å². The average molecular weight is 586 g/mol. The Hall–Kier alpha value is -3.32. The summed E-state index contributed by atoms with van der Waals surface area (Å²) in [6, 6.07) is 29.7. The van der Waals surface area contributed by atoms with E-state index in [-0.39, 0.29) is 10.8 Å². The topological polar surface area (TPSA) is 96.1 Å². The van der Waals surface area contributed by atoms with Gasteiger partial charge in [0.05, 0.1) is 10.8 Å². The van der Waals surface area contributed by atoms with Gasteiger partial charge in [-0.2, -0.15) is 4.57 Å². The lowest BCUT2D eigenvalue weighted by molar-refractivity contribution is -2.00. The Morgan fingerprint density at radius 3 is 1.33 bits per heavy atom. The summed E-state index contributed by atoms with van der Waals surface area (Å²) in [7, 11) is -4.94. The standard InChI is InChI=1S/C36H40N.ClHO4/c1-23-19-24(2)33(25(3)20-23)34-29-17-15-26(35(4,5)6)21-31(29)37(28-13-11-10-12-14-28)32-22-27(36(7,8)9)16-18-30(32)34;2-1(3,4)5/h10-22H,1-9H3;(H,2,3,4,5)/q+1;/p-1. The Morgan fingerprint density at radius 2 is 0.952 bits per heavy atom. The zero-order chi connectivity index (χ0) is 31.2. The monoisotopic (exact) mass is 585 g/mol. The molecule has 0 N–H and O–H groups in total. The van der Waals surface area contributed by atoms with Crippen molar-refractivity contribution in [2.45, 2.75) is 73.1 Å². The van der Waals surface area contributed by atoms with Gasteiger partial charge in [-0.05, 0) is 71.6 Å². The summed E-state index contributed by atoms with van der Waals surface area (Å²) in [5.41, 5.74) is 13.2. The van der Waals surface area contributed by atoms with Crippen molar-refractivity contribution in [2.75, 3.05) is 0 Å². The number of hydrogen-bond donors (Lipinski definition) is 0. The van der Waals surface area contributed by atoms with Crippen LogP contribution in [0.5, 0.6) is 0 Å². The van der Waals surface area contributed by atoms with Crippen LogP contribution in [-0.2, 0) is 10.8 Å². The van der Waals surface area contributed by atoms with Crippen LogP contribution < -0.4 is 23.2 Å². The largest absolute Gasteiger partial charge is 0.222 e. The molecule has 6 heteroatoms. The SMILES string of the molecule is Cc1cc(C)c(-c2c3ccc(C(C)(C)C)cc3[n+](-c3ccccc3)c3cc(C(C)(C)C)ccc23)c(C)c1.[O-][Cl+3]([O-])([O-])[O-]. The van der Waals surface area contributed by atoms with Crippen LogP contribution in [0.3, 0.4) is 0 Å². The smallest absolute Gasteiger partial charge is 0.219 e. The Labute approximate surface area is 251 Å². The molecule has 0 aliphatic carbocycles. The first-order valence-corrected chi connectivity index (χ1v) is 15.3. The third-order valence-electron chi connectivity index (χ3n) is 7.69. The average Bonchev–Trinajstić information content (AvgIpc) is 2.85. The van der Waals surface area contributed by atoms with Crippen molar-refractivity contribution in [3.63, 3.8) is 0 Å². The molecule has 0 fully saturated rings. The highest BCUT2D eigenvalue weighted by Gasteiger charge is 2.28. The molecule has 0 saturated carbocycles. The van der Waals surface area contributed by atoms with Gasteiger partial charge in [0, 0.05) is 29.8 Å². The van der Waals surface area contributed by atoms with E-state index in [1.807, 2.05) is 0 Å².